The molecule has 6 nitrogen and oxygen atoms in total. The van der Waals surface area contributed by atoms with E-state index in [9.17, 15) is 13.2 Å². The molecule has 2 aromatic carbocycles. The van der Waals surface area contributed by atoms with Crippen LogP contribution in [0.3, 0.4) is 0 Å². The van der Waals surface area contributed by atoms with Crippen molar-refractivity contribution in [2.75, 3.05) is 19.8 Å². The van der Waals surface area contributed by atoms with Crippen LogP contribution in [0.4, 0.5) is 0 Å². The monoisotopic (exact) mass is 349 g/mol. The van der Waals surface area contributed by atoms with E-state index in [1.807, 2.05) is 30.3 Å². The Morgan fingerprint density at radius 2 is 1.58 bits per heavy atom. The van der Waals surface area contributed by atoms with E-state index in [2.05, 4.69) is 0 Å². The van der Waals surface area contributed by atoms with Gasteiger partial charge in [0.25, 0.3) is 0 Å². The highest BCUT2D eigenvalue weighted by Gasteiger charge is 2.24. The van der Waals surface area contributed by atoms with Gasteiger partial charge in [0.2, 0.25) is 10.0 Å². The zero-order valence-electron chi connectivity index (χ0n) is 13.0. The third-order valence-electron chi connectivity index (χ3n) is 3.29. The number of hydrogen-bond acceptors (Lipinski definition) is 4. The summed E-state index contributed by atoms with van der Waals surface area (Å²) in [5.41, 5.74) is 0.843. The van der Waals surface area contributed by atoms with E-state index < -0.39 is 22.6 Å². The summed E-state index contributed by atoms with van der Waals surface area (Å²) < 4.78 is 31.9. The van der Waals surface area contributed by atoms with Crippen LogP contribution in [0, 0.1) is 0 Å². The van der Waals surface area contributed by atoms with Crippen molar-refractivity contribution >= 4 is 16.0 Å². The van der Waals surface area contributed by atoms with E-state index in [1.165, 1.54) is 16.4 Å². The highest BCUT2D eigenvalue weighted by atomic mass is 32.2. The molecule has 2 aromatic rings. The molecule has 0 bridgehead atoms. The highest BCUT2D eigenvalue weighted by Crippen LogP contribution is 2.18. The van der Waals surface area contributed by atoms with Gasteiger partial charge in [-0.05, 0) is 17.7 Å². The third kappa shape index (κ3) is 5.16. The lowest BCUT2D eigenvalue weighted by atomic mass is 10.2. The average molecular weight is 349 g/mol. The summed E-state index contributed by atoms with van der Waals surface area (Å²) in [6.45, 7) is -0.191. The Balaban J connectivity index is 2.16. The first-order valence-electron chi connectivity index (χ1n) is 7.39. The van der Waals surface area contributed by atoms with Crippen molar-refractivity contribution in [3.8, 4) is 0 Å². The predicted octanol–water partition coefficient (Wildman–Crippen LogP) is 1.98. The second kappa shape index (κ2) is 8.58. The summed E-state index contributed by atoms with van der Waals surface area (Å²) in [6, 6.07) is 17.3. The molecular formula is C17H19NO5S. The minimum absolute atomic E-state index is 0.00516. The number of carbonyl (C=O) groups is 1. The second-order valence-corrected chi connectivity index (χ2v) is 7.02. The van der Waals surface area contributed by atoms with Gasteiger partial charge in [-0.25, -0.2) is 13.2 Å². The Morgan fingerprint density at radius 3 is 2.17 bits per heavy atom. The number of benzene rings is 2. The summed E-state index contributed by atoms with van der Waals surface area (Å²) in [4.78, 5) is 10.7. The number of carboxylic acids is 1. The summed E-state index contributed by atoms with van der Waals surface area (Å²) in [6.07, 6.45) is 0. The molecule has 0 spiro atoms. The average Bonchev–Trinajstić information content (AvgIpc) is 2.59. The molecule has 0 amide bonds. The van der Waals surface area contributed by atoms with Crippen LogP contribution >= 0.6 is 0 Å². The van der Waals surface area contributed by atoms with Crippen molar-refractivity contribution in [3.63, 3.8) is 0 Å². The van der Waals surface area contributed by atoms with Crippen molar-refractivity contribution < 1.29 is 23.1 Å². The summed E-state index contributed by atoms with van der Waals surface area (Å²) >= 11 is 0. The number of carboxylic acid groups (broad SMARTS) is 1. The Bertz CT molecular complexity index is 747. The van der Waals surface area contributed by atoms with E-state index in [0.29, 0.717) is 0 Å². The fraction of sp³-hybridized carbons (Fsp3) is 0.235. The van der Waals surface area contributed by atoms with Crippen LogP contribution in [0.15, 0.2) is 65.6 Å². The zero-order chi connectivity index (χ0) is 17.4. The second-order valence-electron chi connectivity index (χ2n) is 5.08. The lowest BCUT2D eigenvalue weighted by Crippen LogP contribution is -2.34. The molecule has 0 radical (unpaired) electrons. The van der Waals surface area contributed by atoms with E-state index in [0.717, 1.165) is 5.56 Å². The highest BCUT2D eigenvalue weighted by molar-refractivity contribution is 7.89. The van der Waals surface area contributed by atoms with Crippen molar-refractivity contribution in [2.24, 2.45) is 0 Å². The van der Waals surface area contributed by atoms with Crippen molar-refractivity contribution in [3.05, 3.63) is 66.2 Å². The molecule has 0 saturated heterocycles. The van der Waals surface area contributed by atoms with Crippen LogP contribution in [-0.4, -0.2) is 43.6 Å². The van der Waals surface area contributed by atoms with E-state index in [-0.39, 0.29) is 24.6 Å². The Morgan fingerprint density at radius 1 is 1.00 bits per heavy atom. The maximum atomic E-state index is 12.8. The fourth-order valence-corrected chi connectivity index (χ4v) is 3.57. The van der Waals surface area contributed by atoms with Crippen LogP contribution in [0.1, 0.15) is 5.56 Å². The van der Waals surface area contributed by atoms with Crippen LogP contribution in [-0.2, 0) is 26.1 Å². The van der Waals surface area contributed by atoms with E-state index >= 15 is 0 Å². The molecule has 2 rings (SSSR count). The molecule has 0 aliphatic carbocycles. The standard InChI is InChI=1S/C17H19NO5S/c19-17(20)14-23-12-11-18(13-15-7-3-1-4-8-15)24(21,22)16-9-5-2-6-10-16/h1-10H,11-14H2,(H,19,20). The first-order chi connectivity index (χ1) is 11.5. The van der Waals surface area contributed by atoms with Crippen LogP contribution in [0.25, 0.3) is 0 Å². The van der Waals surface area contributed by atoms with Gasteiger partial charge in [-0.1, -0.05) is 48.5 Å². The third-order valence-corrected chi connectivity index (χ3v) is 5.15. The van der Waals surface area contributed by atoms with Gasteiger partial charge in [0.05, 0.1) is 11.5 Å². The Labute approximate surface area is 141 Å². The Hall–Kier alpha value is -2.22. The molecule has 0 unspecified atom stereocenters. The summed E-state index contributed by atoms with van der Waals surface area (Å²) in [5, 5.41) is 8.59. The maximum absolute atomic E-state index is 12.8. The number of aliphatic carboxylic acids is 1. The van der Waals surface area contributed by atoms with Crippen LogP contribution in [0.5, 0.6) is 0 Å². The Kier molecular flexibility index (Phi) is 6.48. The molecule has 0 saturated carbocycles. The molecule has 0 aliphatic rings. The van der Waals surface area contributed by atoms with Gasteiger partial charge in [0.15, 0.2) is 0 Å². The minimum atomic E-state index is -3.69. The molecule has 24 heavy (non-hydrogen) atoms. The van der Waals surface area contributed by atoms with Gasteiger partial charge in [-0.15, -0.1) is 0 Å². The quantitative estimate of drug-likeness (QED) is 0.700. The molecule has 0 aliphatic heterocycles. The normalized spacial score (nSPS) is 11.5. The van der Waals surface area contributed by atoms with Gasteiger partial charge in [-0.3, -0.25) is 0 Å². The topological polar surface area (TPSA) is 83.9 Å². The largest absolute Gasteiger partial charge is 0.480 e. The van der Waals surface area contributed by atoms with Gasteiger partial charge in [-0.2, -0.15) is 4.31 Å². The van der Waals surface area contributed by atoms with E-state index in [1.54, 1.807) is 18.2 Å². The predicted molar refractivity (Wildman–Crippen MR) is 88.9 cm³/mol. The molecule has 0 fully saturated rings. The number of rotatable bonds is 9. The number of hydrogen-bond donors (Lipinski definition) is 1. The van der Waals surface area contributed by atoms with Crippen molar-refractivity contribution in [1.29, 1.82) is 0 Å². The van der Waals surface area contributed by atoms with Gasteiger partial charge in [0, 0.05) is 13.1 Å². The molecule has 0 atom stereocenters. The fourth-order valence-electron chi connectivity index (χ4n) is 2.14. The summed E-state index contributed by atoms with van der Waals surface area (Å²) in [7, 11) is -3.69. The van der Waals surface area contributed by atoms with Gasteiger partial charge < -0.3 is 9.84 Å². The van der Waals surface area contributed by atoms with Crippen LogP contribution in [0.2, 0.25) is 0 Å². The van der Waals surface area contributed by atoms with Crippen molar-refractivity contribution in [1.82, 2.24) is 4.31 Å². The molecule has 0 aromatic heterocycles. The van der Waals surface area contributed by atoms with Gasteiger partial charge >= 0.3 is 5.97 Å². The SMILES string of the molecule is O=C(O)COCCN(Cc1ccccc1)S(=O)(=O)c1ccccc1. The number of sulfonamides is 1. The lowest BCUT2D eigenvalue weighted by molar-refractivity contribution is -0.142. The van der Waals surface area contributed by atoms with E-state index in [4.69, 9.17) is 9.84 Å². The number of nitrogens with zero attached hydrogens (tertiary/aromatic N) is 1. The molecule has 7 heteroatoms. The van der Waals surface area contributed by atoms with Gasteiger partial charge in [0.1, 0.15) is 6.61 Å². The molecule has 0 heterocycles. The molecule has 1 N–H and O–H groups in total. The smallest absolute Gasteiger partial charge is 0.329 e. The van der Waals surface area contributed by atoms with Crippen molar-refractivity contribution in [2.45, 2.75) is 11.4 Å². The lowest BCUT2D eigenvalue weighted by Gasteiger charge is -2.22. The summed E-state index contributed by atoms with van der Waals surface area (Å²) in [5.74, 6) is -1.09. The number of ether oxygens (including phenoxy) is 1. The maximum Gasteiger partial charge on any atom is 0.329 e. The molecule has 128 valence electrons. The first-order valence-corrected chi connectivity index (χ1v) is 8.83. The van der Waals surface area contributed by atoms with Crippen LogP contribution < -0.4 is 0 Å². The molecular weight excluding hydrogens is 330 g/mol. The first kappa shape index (κ1) is 18.1. The minimum Gasteiger partial charge on any atom is -0.480 e. The zero-order valence-corrected chi connectivity index (χ0v) is 13.9.